The summed E-state index contributed by atoms with van der Waals surface area (Å²) in [6.45, 7) is 0.406. The van der Waals surface area contributed by atoms with Crippen LogP contribution in [0.1, 0.15) is 44.3 Å². The average molecular weight is 420 g/mol. The van der Waals surface area contributed by atoms with Gasteiger partial charge in [-0.25, -0.2) is 4.99 Å². The van der Waals surface area contributed by atoms with Crippen LogP contribution in [0.15, 0.2) is 27.8 Å². The summed E-state index contributed by atoms with van der Waals surface area (Å²) in [6.07, 6.45) is 8.88. The van der Waals surface area contributed by atoms with Gasteiger partial charge >= 0.3 is 0 Å². The van der Waals surface area contributed by atoms with E-state index in [4.69, 9.17) is 10.2 Å². The van der Waals surface area contributed by atoms with Crippen molar-refractivity contribution in [1.29, 1.82) is 0 Å². The maximum atomic E-state index is 11.6. The molecule has 7 heteroatoms. The molecule has 2 rings (SSSR count). The number of nitrogens with one attached hydrogen (secondary N) is 2. The van der Waals surface area contributed by atoms with Gasteiger partial charge in [0, 0.05) is 6.04 Å². The second-order valence-corrected chi connectivity index (χ2v) is 5.39. The zero-order valence-electron chi connectivity index (χ0n) is 12.7. The zero-order chi connectivity index (χ0) is 14.9. The van der Waals surface area contributed by atoms with Crippen LogP contribution in [0, 0.1) is 0 Å². The maximum Gasteiger partial charge on any atom is 0.242 e. The molecule has 1 aromatic heterocycles. The number of aliphatic imine (C=N–C) groups is 1. The predicted octanol–water partition coefficient (Wildman–Crippen LogP) is 2.14. The number of carbonyl (C=O) groups is 1. The fraction of sp³-hybridized carbons (Fsp3) is 0.600. The van der Waals surface area contributed by atoms with E-state index in [9.17, 15) is 4.79 Å². The first kappa shape index (κ1) is 18.8. The Balaban J connectivity index is 0.00000242. The van der Waals surface area contributed by atoms with E-state index in [1.54, 1.807) is 12.3 Å². The first-order chi connectivity index (χ1) is 10.2. The number of guanidine groups is 1. The molecule has 1 heterocycles. The monoisotopic (exact) mass is 420 g/mol. The summed E-state index contributed by atoms with van der Waals surface area (Å²) in [4.78, 5) is 15.7. The molecule has 6 nitrogen and oxygen atoms in total. The molecule has 1 aromatic rings. The van der Waals surface area contributed by atoms with E-state index < -0.39 is 0 Å². The molecule has 1 aliphatic carbocycles. The lowest BCUT2D eigenvalue weighted by Gasteiger charge is -2.16. The number of hydrogen-bond acceptors (Lipinski definition) is 3. The SMILES string of the molecule is I.NC(=NCC(=O)NCc1ccco1)NC1CCCCCC1. The minimum absolute atomic E-state index is 0. The van der Waals surface area contributed by atoms with Crippen LogP contribution in [0.5, 0.6) is 0 Å². The Kier molecular flexibility index (Phi) is 8.95. The summed E-state index contributed by atoms with van der Waals surface area (Å²) in [7, 11) is 0. The normalized spacial score (nSPS) is 16.5. The summed E-state index contributed by atoms with van der Waals surface area (Å²) in [6, 6.07) is 3.99. The topological polar surface area (TPSA) is 92.6 Å². The average Bonchev–Trinajstić information content (AvgIpc) is 2.87. The van der Waals surface area contributed by atoms with E-state index >= 15 is 0 Å². The third-order valence-corrected chi connectivity index (χ3v) is 3.64. The van der Waals surface area contributed by atoms with Gasteiger partial charge in [-0.1, -0.05) is 25.7 Å². The van der Waals surface area contributed by atoms with E-state index in [1.165, 1.54) is 25.7 Å². The molecule has 0 aliphatic heterocycles. The van der Waals surface area contributed by atoms with Crippen molar-refractivity contribution in [3.8, 4) is 0 Å². The Hall–Kier alpha value is -1.25. The Morgan fingerprint density at radius 3 is 2.68 bits per heavy atom. The summed E-state index contributed by atoms with van der Waals surface area (Å²) in [5.74, 6) is 0.906. The van der Waals surface area contributed by atoms with Crippen LogP contribution in [0.3, 0.4) is 0 Å². The molecule has 4 N–H and O–H groups in total. The fourth-order valence-electron chi connectivity index (χ4n) is 2.49. The smallest absolute Gasteiger partial charge is 0.242 e. The van der Waals surface area contributed by atoms with Crippen LogP contribution in [-0.2, 0) is 11.3 Å². The number of hydrogen-bond donors (Lipinski definition) is 3. The number of furan rings is 1. The van der Waals surface area contributed by atoms with Gasteiger partial charge in [0.15, 0.2) is 5.96 Å². The minimum atomic E-state index is -0.169. The van der Waals surface area contributed by atoms with Crippen LogP contribution in [0.25, 0.3) is 0 Å². The Labute approximate surface area is 148 Å². The molecule has 0 radical (unpaired) electrons. The first-order valence-corrected chi connectivity index (χ1v) is 7.59. The van der Waals surface area contributed by atoms with Crippen LogP contribution in [0.2, 0.25) is 0 Å². The van der Waals surface area contributed by atoms with Gasteiger partial charge in [-0.3, -0.25) is 4.79 Å². The number of halogens is 1. The molecule has 0 atom stereocenters. The fourth-order valence-corrected chi connectivity index (χ4v) is 2.49. The van der Waals surface area contributed by atoms with Crippen molar-refractivity contribution in [3.63, 3.8) is 0 Å². The number of rotatable bonds is 5. The van der Waals surface area contributed by atoms with Crippen LogP contribution in [0.4, 0.5) is 0 Å². The molecular formula is C15H25IN4O2. The highest BCUT2D eigenvalue weighted by atomic mass is 127. The standard InChI is InChI=1S/C15H24N4O2.HI/c16-15(19-12-6-3-1-2-4-7-12)18-11-14(20)17-10-13-8-5-9-21-13;/h5,8-9,12H,1-4,6-7,10-11H2,(H,17,20)(H3,16,18,19);1H. The summed E-state index contributed by atoms with van der Waals surface area (Å²) >= 11 is 0. The van der Waals surface area contributed by atoms with E-state index in [2.05, 4.69) is 15.6 Å². The molecule has 124 valence electrons. The van der Waals surface area contributed by atoms with Crippen LogP contribution < -0.4 is 16.4 Å². The summed E-state index contributed by atoms with van der Waals surface area (Å²) in [5, 5.41) is 5.94. The molecule has 0 bridgehead atoms. The van der Waals surface area contributed by atoms with Gasteiger partial charge in [0.05, 0.1) is 12.8 Å². The molecule has 0 aromatic carbocycles. The first-order valence-electron chi connectivity index (χ1n) is 7.59. The lowest BCUT2D eigenvalue weighted by Crippen LogP contribution is -2.40. The molecule has 1 amide bonds. The second kappa shape index (κ2) is 10.5. The van der Waals surface area contributed by atoms with Crippen molar-refractivity contribution in [2.45, 2.75) is 51.1 Å². The molecular weight excluding hydrogens is 395 g/mol. The zero-order valence-corrected chi connectivity index (χ0v) is 15.0. The van der Waals surface area contributed by atoms with Gasteiger partial charge in [0.2, 0.25) is 5.91 Å². The van der Waals surface area contributed by atoms with E-state index in [0.717, 1.165) is 18.6 Å². The van der Waals surface area contributed by atoms with Crippen molar-refractivity contribution in [2.24, 2.45) is 10.7 Å². The van der Waals surface area contributed by atoms with Crippen molar-refractivity contribution >= 4 is 35.8 Å². The lowest BCUT2D eigenvalue weighted by molar-refractivity contribution is -0.119. The van der Waals surface area contributed by atoms with Gasteiger partial charge < -0.3 is 20.8 Å². The highest BCUT2D eigenvalue weighted by molar-refractivity contribution is 14.0. The Morgan fingerprint density at radius 2 is 2.05 bits per heavy atom. The number of nitrogens with two attached hydrogens (primary N) is 1. The number of nitrogens with zero attached hydrogens (tertiary/aromatic N) is 1. The summed E-state index contributed by atoms with van der Waals surface area (Å²) in [5.41, 5.74) is 5.83. The second-order valence-electron chi connectivity index (χ2n) is 5.39. The third kappa shape index (κ3) is 7.15. The van der Waals surface area contributed by atoms with Crippen molar-refractivity contribution in [2.75, 3.05) is 6.54 Å². The molecule has 1 saturated carbocycles. The Morgan fingerprint density at radius 1 is 1.32 bits per heavy atom. The van der Waals surface area contributed by atoms with Gasteiger partial charge in [0.1, 0.15) is 12.3 Å². The Bertz CT molecular complexity index is 454. The van der Waals surface area contributed by atoms with Crippen LogP contribution in [-0.4, -0.2) is 24.5 Å². The molecule has 1 aliphatic rings. The van der Waals surface area contributed by atoms with Gasteiger partial charge in [-0.15, -0.1) is 24.0 Å². The van der Waals surface area contributed by atoms with Gasteiger partial charge in [-0.05, 0) is 25.0 Å². The predicted molar refractivity (Wildman–Crippen MR) is 97.1 cm³/mol. The lowest BCUT2D eigenvalue weighted by atomic mass is 10.1. The molecule has 22 heavy (non-hydrogen) atoms. The quantitative estimate of drug-likeness (QED) is 0.295. The molecule has 0 unspecified atom stereocenters. The van der Waals surface area contributed by atoms with Crippen molar-refractivity contribution in [1.82, 2.24) is 10.6 Å². The highest BCUT2D eigenvalue weighted by Gasteiger charge is 2.12. The largest absolute Gasteiger partial charge is 0.467 e. The third-order valence-electron chi connectivity index (χ3n) is 3.64. The van der Waals surface area contributed by atoms with E-state index in [1.807, 2.05) is 6.07 Å². The summed E-state index contributed by atoms with van der Waals surface area (Å²) < 4.78 is 5.13. The number of amides is 1. The number of carbonyl (C=O) groups excluding carboxylic acids is 1. The minimum Gasteiger partial charge on any atom is -0.467 e. The maximum absolute atomic E-state index is 11.6. The van der Waals surface area contributed by atoms with E-state index in [-0.39, 0.29) is 36.4 Å². The molecule has 1 fully saturated rings. The van der Waals surface area contributed by atoms with Crippen molar-refractivity contribution < 1.29 is 9.21 Å². The highest BCUT2D eigenvalue weighted by Crippen LogP contribution is 2.16. The van der Waals surface area contributed by atoms with Crippen LogP contribution >= 0.6 is 24.0 Å². The van der Waals surface area contributed by atoms with E-state index in [0.29, 0.717) is 18.5 Å². The van der Waals surface area contributed by atoms with Crippen molar-refractivity contribution in [3.05, 3.63) is 24.2 Å². The van der Waals surface area contributed by atoms with Gasteiger partial charge in [0.25, 0.3) is 0 Å². The molecule has 0 spiro atoms. The molecule has 0 saturated heterocycles. The van der Waals surface area contributed by atoms with Gasteiger partial charge in [-0.2, -0.15) is 0 Å².